The van der Waals surface area contributed by atoms with Crippen LogP contribution >= 0.6 is 11.6 Å². The molecule has 160 valence electrons. The second-order valence-corrected chi connectivity index (χ2v) is 8.10. The molecule has 0 atom stereocenters. The summed E-state index contributed by atoms with van der Waals surface area (Å²) < 4.78 is 1.78. The van der Waals surface area contributed by atoms with Gasteiger partial charge in [-0.3, -0.25) is 14.6 Å². The molecule has 3 aromatic rings. The first kappa shape index (κ1) is 21.0. The van der Waals surface area contributed by atoms with Crippen LogP contribution in [0.2, 0.25) is 5.02 Å². The van der Waals surface area contributed by atoms with Gasteiger partial charge in [-0.2, -0.15) is 5.10 Å². The number of aromatic nitrogens is 4. The van der Waals surface area contributed by atoms with Gasteiger partial charge in [-0.25, -0.2) is 9.67 Å². The van der Waals surface area contributed by atoms with Gasteiger partial charge in [0, 0.05) is 43.6 Å². The molecule has 4 rings (SSSR count). The second kappa shape index (κ2) is 8.85. The molecule has 0 N–H and O–H groups in total. The third kappa shape index (κ3) is 4.29. The van der Waals surface area contributed by atoms with Crippen molar-refractivity contribution in [1.82, 2.24) is 29.5 Å². The van der Waals surface area contributed by atoms with Crippen LogP contribution in [0.25, 0.3) is 5.69 Å². The molecule has 2 aromatic heterocycles. The van der Waals surface area contributed by atoms with Crippen molar-refractivity contribution in [1.29, 1.82) is 0 Å². The minimum atomic E-state index is -0.170. The van der Waals surface area contributed by atoms with E-state index in [-0.39, 0.29) is 17.7 Å². The molecule has 0 spiro atoms. The maximum absolute atomic E-state index is 13.3. The SMILES string of the molecule is CC(C)c1c(C(=O)N2CCN(C(=O)c3cnccn3)CC2)cnn1-c1cccc(Cl)c1. The van der Waals surface area contributed by atoms with Crippen LogP contribution in [-0.4, -0.2) is 67.5 Å². The van der Waals surface area contributed by atoms with Crippen molar-refractivity contribution in [3.8, 4) is 5.69 Å². The first-order valence-corrected chi connectivity index (χ1v) is 10.5. The van der Waals surface area contributed by atoms with E-state index in [0.717, 1.165) is 11.4 Å². The number of piperazine rings is 1. The second-order valence-electron chi connectivity index (χ2n) is 7.66. The van der Waals surface area contributed by atoms with Gasteiger partial charge in [0.2, 0.25) is 0 Å². The molecule has 1 aliphatic rings. The molecule has 3 heterocycles. The molecule has 2 amide bonds. The topological polar surface area (TPSA) is 84.2 Å². The van der Waals surface area contributed by atoms with Gasteiger partial charge in [-0.1, -0.05) is 31.5 Å². The largest absolute Gasteiger partial charge is 0.335 e. The summed E-state index contributed by atoms with van der Waals surface area (Å²) >= 11 is 6.14. The van der Waals surface area contributed by atoms with Crippen LogP contribution < -0.4 is 0 Å². The highest BCUT2D eigenvalue weighted by atomic mass is 35.5. The summed E-state index contributed by atoms with van der Waals surface area (Å²) in [5.41, 5.74) is 2.54. The van der Waals surface area contributed by atoms with E-state index in [2.05, 4.69) is 15.1 Å². The lowest BCUT2D eigenvalue weighted by Crippen LogP contribution is -2.50. The van der Waals surface area contributed by atoms with Crippen LogP contribution in [-0.2, 0) is 0 Å². The lowest BCUT2D eigenvalue weighted by Gasteiger charge is -2.34. The summed E-state index contributed by atoms with van der Waals surface area (Å²) in [6.45, 7) is 5.86. The number of nitrogens with zero attached hydrogens (tertiary/aromatic N) is 6. The Morgan fingerprint density at radius 3 is 2.32 bits per heavy atom. The highest BCUT2D eigenvalue weighted by Gasteiger charge is 2.29. The van der Waals surface area contributed by atoms with Gasteiger partial charge in [-0.05, 0) is 24.1 Å². The van der Waals surface area contributed by atoms with Crippen LogP contribution in [0, 0.1) is 0 Å². The minimum absolute atomic E-state index is 0.0800. The average molecular weight is 439 g/mol. The maximum Gasteiger partial charge on any atom is 0.274 e. The number of amides is 2. The van der Waals surface area contributed by atoms with E-state index >= 15 is 0 Å². The molecule has 1 saturated heterocycles. The Hall–Kier alpha value is -3.26. The summed E-state index contributed by atoms with van der Waals surface area (Å²) in [6.07, 6.45) is 6.11. The van der Waals surface area contributed by atoms with E-state index < -0.39 is 0 Å². The normalized spacial score (nSPS) is 14.2. The number of carbonyl (C=O) groups excluding carboxylic acids is 2. The summed E-state index contributed by atoms with van der Waals surface area (Å²) in [4.78, 5) is 37.4. The number of benzene rings is 1. The number of hydrogen-bond donors (Lipinski definition) is 0. The van der Waals surface area contributed by atoms with Crippen molar-refractivity contribution < 1.29 is 9.59 Å². The van der Waals surface area contributed by atoms with Crippen LogP contribution in [0.1, 0.15) is 46.3 Å². The van der Waals surface area contributed by atoms with E-state index in [9.17, 15) is 9.59 Å². The zero-order valence-electron chi connectivity index (χ0n) is 17.4. The molecule has 1 aliphatic heterocycles. The van der Waals surface area contributed by atoms with Crippen LogP contribution in [0.3, 0.4) is 0 Å². The zero-order chi connectivity index (χ0) is 22.0. The summed E-state index contributed by atoms with van der Waals surface area (Å²) in [5.74, 6) is -0.166. The Bertz CT molecular complexity index is 1090. The van der Waals surface area contributed by atoms with Gasteiger partial charge in [-0.15, -0.1) is 0 Å². The van der Waals surface area contributed by atoms with Crippen LogP contribution in [0.4, 0.5) is 0 Å². The predicted molar refractivity (Wildman–Crippen MR) is 117 cm³/mol. The lowest BCUT2D eigenvalue weighted by molar-refractivity contribution is 0.0531. The minimum Gasteiger partial charge on any atom is -0.335 e. The fourth-order valence-electron chi connectivity index (χ4n) is 3.75. The maximum atomic E-state index is 13.3. The van der Waals surface area contributed by atoms with Crippen molar-refractivity contribution in [2.45, 2.75) is 19.8 Å². The molecular weight excluding hydrogens is 416 g/mol. The van der Waals surface area contributed by atoms with Gasteiger partial charge in [0.15, 0.2) is 0 Å². The average Bonchev–Trinajstić information content (AvgIpc) is 3.24. The van der Waals surface area contributed by atoms with Crippen LogP contribution in [0.15, 0.2) is 49.1 Å². The van der Waals surface area contributed by atoms with Crippen molar-refractivity contribution >= 4 is 23.4 Å². The summed E-state index contributed by atoms with van der Waals surface area (Å²) in [6, 6.07) is 7.40. The van der Waals surface area contributed by atoms with Gasteiger partial charge >= 0.3 is 0 Å². The molecule has 0 radical (unpaired) electrons. The van der Waals surface area contributed by atoms with Crippen molar-refractivity contribution in [2.75, 3.05) is 26.2 Å². The number of halogens is 1. The molecule has 1 aromatic carbocycles. The fourth-order valence-corrected chi connectivity index (χ4v) is 3.93. The van der Waals surface area contributed by atoms with E-state index in [0.29, 0.717) is 42.5 Å². The fraction of sp³-hybridized carbons (Fsp3) is 0.318. The van der Waals surface area contributed by atoms with Crippen molar-refractivity contribution in [3.63, 3.8) is 0 Å². The molecule has 0 saturated carbocycles. The van der Waals surface area contributed by atoms with Crippen molar-refractivity contribution in [3.05, 3.63) is 71.0 Å². The summed E-state index contributed by atoms with van der Waals surface area (Å²) in [7, 11) is 0. The quantitative estimate of drug-likeness (QED) is 0.625. The molecule has 0 bridgehead atoms. The Morgan fingerprint density at radius 2 is 1.71 bits per heavy atom. The molecule has 0 unspecified atom stereocenters. The number of carbonyl (C=O) groups is 2. The first-order chi connectivity index (χ1) is 15.0. The Morgan fingerprint density at radius 1 is 1.00 bits per heavy atom. The summed E-state index contributed by atoms with van der Waals surface area (Å²) in [5, 5.41) is 5.09. The van der Waals surface area contributed by atoms with Crippen LogP contribution in [0.5, 0.6) is 0 Å². The third-order valence-corrected chi connectivity index (χ3v) is 5.51. The van der Waals surface area contributed by atoms with E-state index in [4.69, 9.17) is 11.6 Å². The highest BCUT2D eigenvalue weighted by Crippen LogP contribution is 2.26. The van der Waals surface area contributed by atoms with E-state index in [1.54, 1.807) is 26.7 Å². The number of rotatable bonds is 4. The Balaban J connectivity index is 1.51. The molecule has 31 heavy (non-hydrogen) atoms. The molecule has 9 heteroatoms. The molecular formula is C22H23ClN6O2. The predicted octanol–water partition coefficient (Wildman–Crippen LogP) is 3.04. The lowest BCUT2D eigenvalue weighted by atomic mass is 10.0. The third-order valence-electron chi connectivity index (χ3n) is 5.27. The Labute approximate surface area is 185 Å². The zero-order valence-corrected chi connectivity index (χ0v) is 18.2. The van der Waals surface area contributed by atoms with Crippen molar-refractivity contribution in [2.24, 2.45) is 0 Å². The van der Waals surface area contributed by atoms with Gasteiger partial charge in [0.1, 0.15) is 5.69 Å². The van der Waals surface area contributed by atoms with E-state index in [1.165, 1.54) is 18.6 Å². The standard InChI is InChI=1S/C22H23ClN6O2/c1-15(2)20-18(13-26-29(20)17-5-3-4-16(23)12-17)21(30)27-8-10-28(11-9-27)22(31)19-14-24-6-7-25-19/h3-7,12-15H,8-11H2,1-2H3. The van der Waals surface area contributed by atoms with Gasteiger partial charge in [0.25, 0.3) is 11.8 Å². The molecule has 1 fully saturated rings. The first-order valence-electron chi connectivity index (χ1n) is 10.1. The number of hydrogen-bond acceptors (Lipinski definition) is 5. The molecule has 8 nitrogen and oxygen atoms in total. The smallest absolute Gasteiger partial charge is 0.274 e. The highest BCUT2D eigenvalue weighted by molar-refractivity contribution is 6.30. The van der Waals surface area contributed by atoms with Gasteiger partial charge in [0.05, 0.1) is 29.3 Å². The van der Waals surface area contributed by atoms with Gasteiger partial charge < -0.3 is 9.80 Å². The van der Waals surface area contributed by atoms with E-state index in [1.807, 2.05) is 32.0 Å². The Kier molecular flexibility index (Phi) is 5.99. The monoisotopic (exact) mass is 438 g/mol. The molecule has 0 aliphatic carbocycles.